The number of nitrogens with zero attached hydrogens (tertiary/aromatic N) is 2. The molecule has 0 bridgehead atoms. The number of phenolic OH excluding ortho intramolecular Hbond substituents is 2. The fourth-order valence-electron chi connectivity index (χ4n) is 2.23. The topological polar surface area (TPSA) is 102 Å². The van der Waals surface area contributed by atoms with Gasteiger partial charge in [-0.2, -0.15) is 0 Å². The Hall–Kier alpha value is -3.41. The van der Waals surface area contributed by atoms with Crippen LogP contribution in [0.15, 0.2) is 64.8 Å². The fourth-order valence-corrected chi connectivity index (χ4v) is 2.23. The van der Waals surface area contributed by atoms with Gasteiger partial charge in [-0.25, -0.2) is 4.79 Å². The van der Waals surface area contributed by atoms with Crippen molar-refractivity contribution < 1.29 is 20.1 Å². The van der Waals surface area contributed by atoms with E-state index in [4.69, 9.17) is 5.11 Å². The van der Waals surface area contributed by atoms with Gasteiger partial charge in [0.15, 0.2) is 0 Å². The van der Waals surface area contributed by atoms with Crippen molar-refractivity contribution in [3.05, 3.63) is 60.2 Å². The maximum Gasteiger partial charge on any atom is 0.337 e. The minimum absolute atomic E-state index is 0.0128. The first-order chi connectivity index (χ1) is 11.1. The Balaban J connectivity index is 2.13. The molecule has 0 heterocycles. The predicted molar refractivity (Wildman–Crippen MR) is 84.9 cm³/mol. The molecule has 0 saturated heterocycles. The molecule has 0 aromatic heterocycles. The SMILES string of the molecule is O=C(O)c1ccccc1N=Nc1c(O)ccc2ccc(O)cc12. The van der Waals surface area contributed by atoms with E-state index in [0.29, 0.717) is 5.39 Å². The number of carboxylic acids is 1. The molecule has 3 aromatic rings. The molecule has 0 amide bonds. The second kappa shape index (κ2) is 5.76. The zero-order chi connectivity index (χ0) is 16.4. The third-order valence-corrected chi connectivity index (χ3v) is 3.35. The lowest BCUT2D eigenvalue weighted by atomic mass is 10.1. The highest BCUT2D eigenvalue weighted by molar-refractivity contribution is 5.96. The largest absolute Gasteiger partial charge is 0.508 e. The molecule has 0 fully saturated rings. The lowest BCUT2D eigenvalue weighted by Crippen LogP contribution is -1.95. The number of azo groups is 1. The lowest BCUT2D eigenvalue weighted by molar-refractivity contribution is 0.0697. The fraction of sp³-hybridized carbons (Fsp3) is 0. The molecule has 0 radical (unpaired) electrons. The molecule has 0 aliphatic heterocycles. The van der Waals surface area contributed by atoms with Crippen LogP contribution in [-0.2, 0) is 0 Å². The van der Waals surface area contributed by atoms with Crippen molar-refractivity contribution in [3.63, 3.8) is 0 Å². The van der Waals surface area contributed by atoms with E-state index >= 15 is 0 Å². The molecule has 0 aliphatic carbocycles. The van der Waals surface area contributed by atoms with Gasteiger partial charge in [0.2, 0.25) is 0 Å². The number of hydrogen-bond donors (Lipinski definition) is 3. The first-order valence-corrected chi connectivity index (χ1v) is 6.75. The van der Waals surface area contributed by atoms with Crippen molar-refractivity contribution in [1.29, 1.82) is 0 Å². The average Bonchev–Trinajstić information content (AvgIpc) is 2.54. The van der Waals surface area contributed by atoms with Crippen molar-refractivity contribution in [2.45, 2.75) is 0 Å². The van der Waals surface area contributed by atoms with Crippen LogP contribution in [0, 0.1) is 0 Å². The number of rotatable bonds is 3. The normalized spacial score (nSPS) is 11.1. The Morgan fingerprint density at radius 1 is 0.913 bits per heavy atom. The number of benzene rings is 3. The summed E-state index contributed by atoms with van der Waals surface area (Å²) >= 11 is 0. The molecule has 6 nitrogen and oxygen atoms in total. The van der Waals surface area contributed by atoms with E-state index in [0.717, 1.165) is 5.39 Å². The monoisotopic (exact) mass is 308 g/mol. The minimum atomic E-state index is -1.11. The summed E-state index contributed by atoms with van der Waals surface area (Å²) in [6.45, 7) is 0. The number of phenols is 2. The van der Waals surface area contributed by atoms with Gasteiger partial charge in [0.1, 0.15) is 22.9 Å². The molecule has 0 atom stereocenters. The van der Waals surface area contributed by atoms with Crippen molar-refractivity contribution in [1.82, 2.24) is 0 Å². The van der Waals surface area contributed by atoms with E-state index in [-0.39, 0.29) is 28.4 Å². The third kappa shape index (κ3) is 2.82. The Labute approximate surface area is 131 Å². The average molecular weight is 308 g/mol. The van der Waals surface area contributed by atoms with Crippen LogP contribution in [0.1, 0.15) is 10.4 Å². The summed E-state index contributed by atoms with van der Waals surface area (Å²) in [5, 5.41) is 38.0. The van der Waals surface area contributed by atoms with Gasteiger partial charge in [-0.1, -0.05) is 24.3 Å². The number of hydrogen-bond acceptors (Lipinski definition) is 5. The van der Waals surface area contributed by atoms with Crippen LogP contribution in [0.4, 0.5) is 11.4 Å². The smallest absolute Gasteiger partial charge is 0.337 e. The lowest BCUT2D eigenvalue weighted by Gasteiger charge is -2.05. The standard InChI is InChI=1S/C17H12N2O4/c20-11-7-5-10-6-8-15(21)16(13(10)9-11)19-18-14-4-2-1-3-12(14)17(22)23/h1-9,20-21H,(H,22,23). The molecule has 23 heavy (non-hydrogen) atoms. The molecule has 0 spiro atoms. The minimum Gasteiger partial charge on any atom is -0.508 e. The van der Waals surface area contributed by atoms with Crippen molar-refractivity contribution in [2.24, 2.45) is 10.2 Å². The van der Waals surface area contributed by atoms with E-state index in [2.05, 4.69) is 10.2 Å². The van der Waals surface area contributed by atoms with Gasteiger partial charge in [-0.05, 0) is 35.7 Å². The first kappa shape index (κ1) is 14.5. The molecule has 3 N–H and O–H groups in total. The van der Waals surface area contributed by atoms with Crippen LogP contribution in [0.5, 0.6) is 11.5 Å². The van der Waals surface area contributed by atoms with Crippen molar-refractivity contribution >= 4 is 28.1 Å². The first-order valence-electron chi connectivity index (χ1n) is 6.75. The molecule has 0 aliphatic rings. The van der Waals surface area contributed by atoms with E-state index in [1.807, 2.05) is 0 Å². The molecule has 0 saturated carbocycles. The van der Waals surface area contributed by atoms with Gasteiger partial charge in [0, 0.05) is 5.39 Å². The van der Waals surface area contributed by atoms with Crippen LogP contribution in [0.2, 0.25) is 0 Å². The van der Waals surface area contributed by atoms with Crippen LogP contribution >= 0.6 is 0 Å². The highest BCUT2D eigenvalue weighted by atomic mass is 16.4. The summed E-state index contributed by atoms with van der Waals surface area (Å²) < 4.78 is 0. The summed E-state index contributed by atoms with van der Waals surface area (Å²) in [4.78, 5) is 11.2. The summed E-state index contributed by atoms with van der Waals surface area (Å²) in [7, 11) is 0. The van der Waals surface area contributed by atoms with Crippen LogP contribution in [0.3, 0.4) is 0 Å². The Morgan fingerprint density at radius 3 is 2.43 bits per heavy atom. The van der Waals surface area contributed by atoms with Crippen LogP contribution in [-0.4, -0.2) is 21.3 Å². The summed E-state index contributed by atoms with van der Waals surface area (Å²) in [5.41, 5.74) is 0.356. The van der Waals surface area contributed by atoms with E-state index in [1.165, 1.54) is 30.3 Å². The molecular weight excluding hydrogens is 296 g/mol. The third-order valence-electron chi connectivity index (χ3n) is 3.35. The number of carboxylic acid groups (broad SMARTS) is 1. The van der Waals surface area contributed by atoms with Gasteiger partial charge in [-0.3, -0.25) is 0 Å². The zero-order valence-corrected chi connectivity index (χ0v) is 11.8. The van der Waals surface area contributed by atoms with Crippen LogP contribution < -0.4 is 0 Å². The molecule has 114 valence electrons. The van der Waals surface area contributed by atoms with Gasteiger partial charge in [0.05, 0.1) is 5.56 Å². The maximum atomic E-state index is 11.2. The zero-order valence-electron chi connectivity index (χ0n) is 11.8. The molecule has 6 heteroatoms. The Kier molecular flexibility index (Phi) is 3.64. The highest BCUT2D eigenvalue weighted by Gasteiger charge is 2.10. The Morgan fingerprint density at radius 2 is 1.65 bits per heavy atom. The predicted octanol–water partition coefficient (Wildman–Crippen LogP) is 4.36. The van der Waals surface area contributed by atoms with Crippen LogP contribution in [0.25, 0.3) is 10.8 Å². The summed E-state index contributed by atoms with van der Waals surface area (Å²) in [6, 6.07) is 14.0. The summed E-state index contributed by atoms with van der Waals surface area (Å²) in [5.74, 6) is -1.19. The Bertz CT molecular complexity index is 930. The van der Waals surface area contributed by atoms with E-state index in [9.17, 15) is 15.0 Å². The maximum absolute atomic E-state index is 11.2. The second-order valence-corrected chi connectivity index (χ2v) is 4.86. The van der Waals surface area contributed by atoms with Crippen molar-refractivity contribution in [3.8, 4) is 11.5 Å². The van der Waals surface area contributed by atoms with Crippen molar-refractivity contribution in [2.75, 3.05) is 0 Å². The molecular formula is C17H12N2O4. The van der Waals surface area contributed by atoms with E-state index < -0.39 is 5.97 Å². The molecule has 3 aromatic carbocycles. The number of fused-ring (bicyclic) bond motifs is 1. The van der Waals surface area contributed by atoms with E-state index in [1.54, 1.807) is 24.3 Å². The number of aromatic hydroxyl groups is 2. The van der Waals surface area contributed by atoms with Gasteiger partial charge >= 0.3 is 5.97 Å². The number of carbonyl (C=O) groups is 1. The van der Waals surface area contributed by atoms with Gasteiger partial charge < -0.3 is 15.3 Å². The number of aromatic carboxylic acids is 1. The molecule has 3 rings (SSSR count). The quantitative estimate of drug-likeness (QED) is 0.625. The molecule has 0 unspecified atom stereocenters. The van der Waals surface area contributed by atoms with Gasteiger partial charge in [-0.15, -0.1) is 10.2 Å². The summed E-state index contributed by atoms with van der Waals surface area (Å²) in [6.07, 6.45) is 0. The second-order valence-electron chi connectivity index (χ2n) is 4.86. The highest BCUT2D eigenvalue weighted by Crippen LogP contribution is 2.37. The van der Waals surface area contributed by atoms with Gasteiger partial charge in [0.25, 0.3) is 0 Å².